The second-order valence-electron chi connectivity index (χ2n) is 9.02. The molecule has 1 amide bonds. The number of ketones is 2. The quantitative estimate of drug-likeness (QED) is 0.263. The van der Waals surface area contributed by atoms with Crippen LogP contribution < -0.4 is 5.73 Å². The predicted molar refractivity (Wildman–Crippen MR) is 111 cm³/mol. The molecule has 1 saturated carbocycles. The van der Waals surface area contributed by atoms with Gasteiger partial charge in [-0.1, -0.05) is 12.1 Å². The van der Waals surface area contributed by atoms with Crippen LogP contribution in [0.25, 0.3) is 5.76 Å². The minimum absolute atomic E-state index is 0.00259. The molecule has 1 aromatic carbocycles. The summed E-state index contributed by atoms with van der Waals surface area (Å²) in [6.45, 7) is 1.25. The van der Waals surface area contributed by atoms with Gasteiger partial charge in [0.15, 0.2) is 17.3 Å². The summed E-state index contributed by atoms with van der Waals surface area (Å²) < 4.78 is 0. The molecule has 4 rings (SSSR count). The summed E-state index contributed by atoms with van der Waals surface area (Å²) in [5.74, 6) is -11.8. The number of phenolic OH excluding ortho intramolecular Hbond substituents is 1. The van der Waals surface area contributed by atoms with Crippen molar-refractivity contribution in [3.05, 3.63) is 46.4 Å². The maximum atomic E-state index is 13.7. The Balaban J connectivity index is 2.09. The van der Waals surface area contributed by atoms with Gasteiger partial charge in [-0.15, -0.1) is 0 Å². The van der Waals surface area contributed by atoms with Gasteiger partial charge >= 0.3 is 0 Å². The fourth-order valence-electron chi connectivity index (χ4n) is 5.53. The van der Waals surface area contributed by atoms with E-state index in [1.165, 1.54) is 44.1 Å². The summed E-state index contributed by atoms with van der Waals surface area (Å²) in [4.78, 5) is 40.1. The van der Waals surface area contributed by atoms with Crippen LogP contribution in [0.3, 0.4) is 0 Å². The Hall–Kier alpha value is -3.41. The Morgan fingerprint density at radius 2 is 1.70 bits per heavy atom. The molecule has 0 aliphatic heterocycles. The van der Waals surface area contributed by atoms with Crippen molar-refractivity contribution in [2.45, 2.75) is 24.2 Å². The van der Waals surface area contributed by atoms with E-state index in [9.17, 15) is 45.0 Å². The van der Waals surface area contributed by atoms with Gasteiger partial charge in [0, 0.05) is 14.1 Å². The van der Waals surface area contributed by atoms with Crippen LogP contribution in [0.2, 0.25) is 0 Å². The normalized spacial score (nSPS) is 35.7. The van der Waals surface area contributed by atoms with Crippen LogP contribution in [0.4, 0.5) is 0 Å². The van der Waals surface area contributed by atoms with E-state index in [4.69, 9.17) is 5.73 Å². The molecular formula is C22H24N2O9. The maximum Gasteiger partial charge on any atom is 0.235 e. The van der Waals surface area contributed by atoms with Gasteiger partial charge in [0.1, 0.15) is 17.3 Å². The molecule has 0 heterocycles. The lowest BCUT2D eigenvalue weighted by Crippen LogP contribution is -2.70. The molecule has 0 radical (unpaired) electrons. The zero-order valence-electron chi connectivity index (χ0n) is 18.0. The van der Waals surface area contributed by atoms with Crippen LogP contribution in [0.5, 0.6) is 5.75 Å². The van der Waals surface area contributed by atoms with Crippen LogP contribution in [0, 0.1) is 17.8 Å². The van der Waals surface area contributed by atoms with Crippen molar-refractivity contribution in [3.8, 4) is 5.75 Å². The largest absolute Gasteiger partial charge is 0.509 e. The third kappa shape index (κ3) is 2.58. The number of nitrogens with two attached hydrogens (primary N) is 1. The van der Waals surface area contributed by atoms with Gasteiger partial charge in [0.25, 0.3) is 0 Å². The smallest absolute Gasteiger partial charge is 0.235 e. The number of aliphatic hydroxyl groups excluding tert-OH is 3. The SMILES string of the molecule is CN(C)C1=C(O)C(C(N)=O)C(=O)[C@@]2(O)C(=O)C3=C(O)c4c(O)cccc4[C@@](C)(O)[C@H]3[C@H](O)[C@@H]12. The van der Waals surface area contributed by atoms with Gasteiger partial charge < -0.3 is 41.3 Å². The van der Waals surface area contributed by atoms with Crippen molar-refractivity contribution in [3.63, 3.8) is 0 Å². The predicted octanol–water partition coefficient (Wildman–Crippen LogP) is -1.20. The molecule has 6 atom stereocenters. The molecule has 176 valence electrons. The Morgan fingerprint density at radius 3 is 2.24 bits per heavy atom. The average molecular weight is 460 g/mol. The van der Waals surface area contributed by atoms with Crippen LogP contribution in [-0.2, 0) is 20.0 Å². The monoisotopic (exact) mass is 460 g/mol. The number of hydrogen-bond donors (Lipinski definition) is 7. The maximum absolute atomic E-state index is 13.7. The standard InChI is InChI=1S/C22H24N2O9/c1-21(32)7-5-4-6-8(25)9(7)15(26)10-12(21)17(28)13-14(24(2)3)16(27)11(20(23)31)19(30)22(13,33)18(10)29/h4-6,11-13,17,25-28,32-33H,1-3H3,(H2,23,31)/t11?,12-,13-,17+,21-,22+/m1/s1. The van der Waals surface area contributed by atoms with Gasteiger partial charge in [0.2, 0.25) is 11.7 Å². The van der Waals surface area contributed by atoms with Gasteiger partial charge in [-0.3, -0.25) is 14.4 Å². The first kappa shape index (κ1) is 22.8. The first-order valence-corrected chi connectivity index (χ1v) is 10.1. The van der Waals surface area contributed by atoms with Gasteiger partial charge in [-0.2, -0.15) is 0 Å². The van der Waals surface area contributed by atoms with Crippen LogP contribution >= 0.6 is 0 Å². The van der Waals surface area contributed by atoms with Gasteiger partial charge in [-0.05, 0) is 18.6 Å². The summed E-state index contributed by atoms with van der Waals surface area (Å²) >= 11 is 0. The third-order valence-corrected chi connectivity index (χ3v) is 6.95. The summed E-state index contributed by atoms with van der Waals surface area (Å²) in [5.41, 5.74) is -1.15. The molecular weight excluding hydrogens is 436 g/mol. The highest BCUT2D eigenvalue weighted by Gasteiger charge is 2.70. The van der Waals surface area contributed by atoms with Crippen LogP contribution in [0.15, 0.2) is 35.2 Å². The first-order valence-electron chi connectivity index (χ1n) is 10.1. The minimum atomic E-state index is -3.09. The van der Waals surface area contributed by atoms with E-state index < -0.39 is 75.4 Å². The zero-order valence-corrected chi connectivity index (χ0v) is 18.0. The topological polar surface area (TPSA) is 202 Å². The number of rotatable bonds is 2. The number of nitrogens with zero attached hydrogens (tertiary/aromatic N) is 1. The van der Waals surface area contributed by atoms with Gasteiger partial charge in [0.05, 0.1) is 40.4 Å². The van der Waals surface area contributed by atoms with E-state index in [1.807, 2.05) is 0 Å². The summed E-state index contributed by atoms with van der Waals surface area (Å²) in [5, 5.41) is 66.2. The van der Waals surface area contributed by atoms with E-state index in [1.54, 1.807) is 0 Å². The molecule has 33 heavy (non-hydrogen) atoms. The molecule has 11 heteroatoms. The molecule has 1 fully saturated rings. The lowest BCUT2D eigenvalue weighted by molar-refractivity contribution is -0.180. The van der Waals surface area contributed by atoms with Gasteiger partial charge in [-0.25, -0.2) is 0 Å². The number of fused-ring (bicyclic) bond motifs is 3. The number of amides is 1. The highest BCUT2D eigenvalue weighted by Crippen LogP contribution is 2.57. The van der Waals surface area contributed by atoms with E-state index in [2.05, 4.69) is 0 Å². The molecule has 1 unspecified atom stereocenters. The minimum Gasteiger partial charge on any atom is -0.509 e. The molecule has 1 aromatic rings. The lowest BCUT2D eigenvalue weighted by Gasteiger charge is -2.54. The highest BCUT2D eigenvalue weighted by molar-refractivity contribution is 6.26. The molecule has 0 bridgehead atoms. The Morgan fingerprint density at radius 1 is 1.09 bits per heavy atom. The number of aromatic hydroxyl groups is 1. The van der Waals surface area contributed by atoms with Crippen molar-refractivity contribution >= 4 is 23.2 Å². The van der Waals surface area contributed by atoms with Crippen molar-refractivity contribution < 1.29 is 45.0 Å². The molecule has 0 saturated heterocycles. The summed E-state index contributed by atoms with van der Waals surface area (Å²) in [6, 6.07) is 3.98. The fourth-order valence-corrected chi connectivity index (χ4v) is 5.53. The number of carbonyl (C=O) groups is 3. The van der Waals surface area contributed by atoms with E-state index >= 15 is 0 Å². The van der Waals surface area contributed by atoms with Crippen molar-refractivity contribution in [1.29, 1.82) is 0 Å². The molecule has 11 nitrogen and oxygen atoms in total. The number of benzene rings is 1. The first-order chi connectivity index (χ1) is 15.2. The Labute approximate surface area is 187 Å². The number of hydrogen-bond acceptors (Lipinski definition) is 10. The summed E-state index contributed by atoms with van der Waals surface area (Å²) in [7, 11) is 2.79. The second kappa shape index (κ2) is 6.80. The molecule has 3 aliphatic carbocycles. The van der Waals surface area contributed by atoms with E-state index in [-0.39, 0.29) is 16.8 Å². The van der Waals surface area contributed by atoms with Crippen molar-refractivity contribution in [1.82, 2.24) is 4.90 Å². The fraction of sp³-hybridized carbons (Fsp3) is 0.409. The van der Waals surface area contributed by atoms with E-state index in [0.29, 0.717) is 0 Å². The van der Waals surface area contributed by atoms with Crippen LogP contribution in [-0.4, -0.2) is 78.8 Å². The molecule has 0 aromatic heterocycles. The Kier molecular flexibility index (Phi) is 4.69. The zero-order chi connectivity index (χ0) is 24.8. The summed E-state index contributed by atoms with van der Waals surface area (Å²) in [6.07, 6.45) is -1.90. The number of primary amides is 1. The average Bonchev–Trinajstić information content (AvgIpc) is 2.70. The molecule has 8 N–H and O–H groups in total. The lowest BCUT2D eigenvalue weighted by atomic mass is 9.53. The second-order valence-corrected chi connectivity index (χ2v) is 9.02. The number of carbonyl (C=O) groups excluding carboxylic acids is 3. The Bertz CT molecular complexity index is 1180. The number of aliphatic hydroxyl groups is 5. The van der Waals surface area contributed by atoms with Crippen molar-refractivity contribution in [2.24, 2.45) is 23.5 Å². The third-order valence-electron chi connectivity index (χ3n) is 6.95. The van der Waals surface area contributed by atoms with Crippen molar-refractivity contribution in [2.75, 3.05) is 14.1 Å². The highest BCUT2D eigenvalue weighted by atomic mass is 16.3. The number of Topliss-reactive ketones (excluding diaryl/α,β-unsaturated/α-hetero) is 2. The van der Waals surface area contributed by atoms with Crippen LogP contribution in [0.1, 0.15) is 18.1 Å². The molecule has 3 aliphatic rings. The molecule has 0 spiro atoms. The van der Waals surface area contributed by atoms with E-state index in [0.717, 1.165) is 0 Å². The number of phenols is 1.